The fraction of sp³-hybridized carbons (Fsp3) is 0.368. The summed E-state index contributed by atoms with van der Waals surface area (Å²) in [6.07, 6.45) is 2.62. The molecular weight excluding hydrogens is 396 g/mol. The van der Waals surface area contributed by atoms with Crippen molar-refractivity contribution in [1.29, 1.82) is 0 Å². The first-order valence-electron chi connectivity index (χ1n) is 9.07. The Morgan fingerprint density at radius 3 is 2.71 bits per heavy atom. The van der Waals surface area contributed by atoms with Crippen LogP contribution in [0.4, 0.5) is 5.82 Å². The van der Waals surface area contributed by atoms with E-state index in [1.165, 1.54) is 11.8 Å². The van der Waals surface area contributed by atoms with Gasteiger partial charge in [-0.25, -0.2) is 4.68 Å². The summed E-state index contributed by atoms with van der Waals surface area (Å²) >= 11 is 7.61. The van der Waals surface area contributed by atoms with Crippen molar-refractivity contribution in [3.05, 3.63) is 41.6 Å². The van der Waals surface area contributed by atoms with Gasteiger partial charge in [-0.1, -0.05) is 42.4 Å². The molecule has 1 N–H and O–H groups in total. The summed E-state index contributed by atoms with van der Waals surface area (Å²) in [5.74, 6) is 1.24. The predicted octanol–water partition coefficient (Wildman–Crippen LogP) is 4.42. The second kappa shape index (κ2) is 8.79. The van der Waals surface area contributed by atoms with Crippen LogP contribution in [-0.4, -0.2) is 35.7 Å². The number of hydrogen-bond acceptors (Lipinski definition) is 5. The molecule has 0 bridgehead atoms. The highest BCUT2D eigenvalue weighted by Crippen LogP contribution is 2.30. The van der Waals surface area contributed by atoms with Crippen molar-refractivity contribution in [1.82, 2.24) is 24.5 Å². The molecule has 9 heteroatoms. The van der Waals surface area contributed by atoms with Gasteiger partial charge in [0.2, 0.25) is 5.91 Å². The molecule has 0 radical (unpaired) electrons. The van der Waals surface area contributed by atoms with Gasteiger partial charge in [-0.2, -0.15) is 5.10 Å². The van der Waals surface area contributed by atoms with Gasteiger partial charge in [0.05, 0.1) is 22.5 Å². The van der Waals surface area contributed by atoms with E-state index in [9.17, 15) is 4.79 Å². The number of halogens is 1. The van der Waals surface area contributed by atoms with E-state index in [0.717, 1.165) is 12.0 Å². The Hall–Kier alpha value is -2.32. The maximum absolute atomic E-state index is 12.7. The number of carbonyl (C=O) groups excluding carboxylic acids is 1. The molecule has 0 saturated carbocycles. The zero-order valence-corrected chi connectivity index (χ0v) is 17.8. The molecule has 0 aliphatic heterocycles. The number of amides is 1. The van der Waals surface area contributed by atoms with Crippen LogP contribution in [-0.2, 0) is 11.8 Å². The second-order valence-electron chi connectivity index (χ2n) is 6.51. The van der Waals surface area contributed by atoms with E-state index in [2.05, 4.69) is 34.5 Å². The van der Waals surface area contributed by atoms with Gasteiger partial charge >= 0.3 is 0 Å². The number of carbonyl (C=O) groups is 1. The first kappa shape index (κ1) is 20.4. The average molecular weight is 419 g/mol. The Morgan fingerprint density at radius 2 is 2.00 bits per heavy atom. The molecule has 28 heavy (non-hydrogen) atoms. The Bertz CT molecular complexity index is 969. The maximum Gasteiger partial charge on any atom is 0.238 e. The van der Waals surface area contributed by atoms with Crippen molar-refractivity contribution in [2.75, 3.05) is 5.32 Å². The van der Waals surface area contributed by atoms with Crippen LogP contribution in [0.2, 0.25) is 5.02 Å². The van der Waals surface area contributed by atoms with Crippen molar-refractivity contribution in [2.45, 2.75) is 43.6 Å². The minimum absolute atomic E-state index is 0.114. The minimum Gasteiger partial charge on any atom is -0.310 e. The summed E-state index contributed by atoms with van der Waals surface area (Å²) in [5, 5.41) is 16.6. The molecule has 0 aliphatic carbocycles. The van der Waals surface area contributed by atoms with Crippen LogP contribution < -0.4 is 5.32 Å². The summed E-state index contributed by atoms with van der Waals surface area (Å²) in [4.78, 5) is 12.7. The quantitative estimate of drug-likeness (QED) is 0.574. The molecule has 1 amide bonds. The van der Waals surface area contributed by atoms with Crippen LogP contribution in [0.25, 0.3) is 11.4 Å². The normalized spacial score (nSPS) is 13.3. The number of benzene rings is 1. The summed E-state index contributed by atoms with van der Waals surface area (Å²) in [6, 6.07) is 9.50. The standard InChI is InChI=1S/C19H23ClN6OS/c1-5-12(2)26-16(10-11-21-26)22-18(27)13(3)28-19-24-23-17(25(19)4)14-8-6-7-9-15(14)20/h6-13H,5H2,1-4H3,(H,22,27)/t12-,13-/m0/s1. The van der Waals surface area contributed by atoms with Gasteiger partial charge < -0.3 is 9.88 Å². The number of nitrogens with one attached hydrogen (secondary N) is 1. The highest BCUT2D eigenvalue weighted by molar-refractivity contribution is 8.00. The predicted molar refractivity (Wildman–Crippen MR) is 113 cm³/mol. The van der Waals surface area contributed by atoms with E-state index in [-0.39, 0.29) is 17.2 Å². The van der Waals surface area contributed by atoms with Crippen molar-refractivity contribution >= 4 is 35.1 Å². The third-order valence-corrected chi connectivity index (χ3v) is 5.99. The summed E-state index contributed by atoms with van der Waals surface area (Å²) < 4.78 is 3.67. The molecule has 1 aromatic carbocycles. The first-order valence-corrected chi connectivity index (χ1v) is 10.3. The number of nitrogens with zero attached hydrogens (tertiary/aromatic N) is 5. The Kier molecular flexibility index (Phi) is 6.41. The largest absolute Gasteiger partial charge is 0.310 e. The zero-order valence-electron chi connectivity index (χ0n) is 16.3. The number of anilines is 1. The molecule has 2 atom stereocenters. The zero-order chi connectivity index (χ0) is 20.3. The summed E-state index contributed by atoms with van der Waals surface area (Å²) in [7, 11) is 1.86. The highest BCUT2D eigenvalue weighted by atomic mass is 35.5. The molecule has 2 aromatic heterocycles. The van der Waals surface area contributed by atoms with Crippen molar-refractivity contribution < 1.29 is 4.79 Å². The van der Waals surface area contributed by atoms with Crippen LogP contribution in [0.5, 0.6) is 0 Å². The molecule has 3 rings (SSSR count). The topological polar surface area (TPSA) is 77.6 Å². The number of hydrogen-bond donors (Lipinski definition) is 1. The molecule has 0 spiro atoms. The van der Waals surface area contributed by atoms with Gasteiger partial charge in [0.15, 0.2) is 11.0 Å². The number of rotatable bonds is 7. The van der Waals surface area contributed by atoms with Gasteiger partial charge in [0.1, 0.15) is 5.82 Å². The van der Waals surface area contributed by atoms with Crippen molar-refractivity contribution in [2.24, 2.45) is 7.05 Å². The van der Waals surface area contributed by atoms with Crippen LogP contribution in [0.15, 0.2) is 41.7 Å². The maximum atomic E-state index is 12.7. The lowest BCUT2D eigenvalue weighted by molar-refractivity contribution is -0.115. The third kappa shape index (κ3) is 4.23. The Labute approximate surface area is 173 Å². The van der Waals surface area contributed by atoms with E-state index in [0.29, 0.717) is 21.8 Å². The fourth-order valence-corrected chi connectivity index (χ4v) is 3.71. The Balaban J connectivity index is 1.72. The van der Waals surface area contributed by atoms with Gasteiger partial charge in [-0.15, -0.1) is 10.2 Å². The van der Waals surface area contributed by atoms with Gasteiger partial charge in [0, 0.05) is 18.7 Å². The van der Waals surface area contributed by atoms with Crippen LogP contribution in [0.3, 0.4) is 0 Å². The average Bonchev–Trinajstić information content (AvgIpc) is 3.29. The molecule has 0 saturated heterocycles. The molecule has 0 unspecified atom stereocenters. The van der Waals surface area contributed by atoms with E-state index >= 15 is 0 Å². The lowest BCUT2D eigenvalue weighted by Gasteiger charge is -2.16. The molecular formula is C19H23ClN6OS. The summed E-state index contributed by atoms with van der Waals surface area (Å²) in [5.41, 5.74) is 0.806. The first-order chi connectivity index (χ1) is 13.4. The minimum atomic E-state index is -0.359. The molecule has 7 nitrogen and oxygen atoms in total. The highest BCUT2D eigenvalue weighted by Gasteiger charge is 2.21. The van der Waals surface area contributed by atoms with Crippen LogP contribution in [0, 0.1) is 0 Å². The smallest absolute Gasteiger partial charge is 0.238 e. The van der Waals surface area contributed by atoms with Gasteiger partial charge in [-0.3, -0.25) is 4.79 Å². The van der Waals surface area contributed by atoms with E-state index < -0.39 is 0 Å². The van der Waals surface area contributed by atoms with Crippen LogP contribution >= 0.6 is 23.4 Å². The second-order valence-corrected chi connectivity index (χ2v) is 8.23. The lowest BCUT2D eigenvalue weighted by Crippen LogP contribution is -2.25. The number of thioether (sulfide) groups is 1. The fourth-order valence-electron chi connectivity index (χ4n) is 2.67. The van der Waals surface area contributed by atoms with E-state index in [1.807, 2.05) is 47.5 Å². The molecule has 148 valence electrons. The van der Waals surface area contributed by atoms with E-state index in [1.54, 1.807) is 12.3 Å². The van der Waals surface area contributed by atoms with Crippen LogP contribution in [0.1, 0.15) is 33.2 Å². The monoisotopic (exact) mass is 418 g/mol. The molecule has 3 aromatic rings. The van der Waals surface area contributed by atoms with Crippen molar-refractivity contribution in [3.8, 4) is 11.4 Å². The third-order valence-electron chi connectivity index (χ3n) is 4.53. The Morgan fingerprint density at radius 1 is 1.25 bits per heavy atom. The van der Waals surface area contributed by atoms with E-state index in [4.69, 9.17) is 11.6 Å². The lowest BCUT2D eigenvalue weighted by atomic mass is 10.2. The summed E-state index contributed by atoms with van der Waals surface area (Å²) in [6.45, 7) is 5.99. The van der Waals surface area contributed by atoms with Gasteiger partial charge in [0.25, 0.3) is 0 Å². The molecule has 0 aliphatic rings. The molecule has 2 heterocycles. The SMILES string of the molecule is CC[C@H](C)n1nccc1NC(=O)[C@H](C)Sc1nnc(-c2ccccc2Cl)n1C. The molecule has 0 fully saturated rings. The number of aromatic nitrogens is 5. The van der Waals surface area contributed by atoms with Crippen molar-refractivity contribution in [3.63, 3.8) is 0 Å². The van der Waals surface area contributed by atoms with Gasteiger partial charge in [-0.05, 0) is 32.4 Å².